The first-order valence-corrected chi connectivity index (χ1v) is 8.22. The molecule has 1 amide bonds. The number of ether oxygens (including phenoxy) is 2. The number of hydrogen-bond acceptors (Lipinski definition) is 5. The number of amides is 1. The molecule has 0 unspecified atom stereocenters. The Morgan fingerprint density at radius 2 is 2.00 bits per heavy atom. The molecule has 134 valence electrons. The third-order valence-corrected chi connectivity index (χ3v) is 3.71. The fourth-order valence-electron chi connectivity index (χ4n) is 2.38. The van der Waals surface area contributed by atoms with Crippen molar-refractivity contribution in [2.75, 3.05) is 20.3 Å². The van der Waals surface area contributed by atoms with Gasteiger partial charge in [-0.2, -0.15) is 5.10 Å². The third-order valence-electron chi connectivity index (χ3n) is 3.71. The maximum Gasteiger partial charge on any atom is 0.269 e. The van der Waals surface area contributed by atoms with E-state index in [1.165, 1.54) is 0 Å². The maximum absolute atomic E-state index is 12.4. The first-order valence-electron chi connectivity index (χ1n) is 8.22. The highest BCUT2D eigenvalue weighted by molar-refractivity contribution is 5.93. The number of methoxy groups -OCH3 is 1. The molecular formula is C19H20N4O3. The van der Waals surface area contributed by atoms with Crippen LogP contribution in [-0.4, -0.2) is 41.4 Å². The molecule has 26 heavy (non-hydrogen) atoms. The number of H-pyrrole nitrogens is 1. The molecule has 0 atom stereocenters. The first-order chi connectivity index (χ1) is 12.8. The molecule has 3 rings (SSSR count). The number of nitrogens with one attached hydrogen (secondary N) is 2. The Hall–Kier alpha value is -3.19. The summed E-state index contributed by atoms with van der Waals surface area (Å²) in [7, 11) is 1.61. The van der Waals surface area contributed by atoms with Gasteiger partial charge in [-0.15, -0.1) is 0 Å². The average molecular weight is 352 g/mol. The topological polar surface area (TPSA) is 89.1 Å². The second-order valence-electron chi connectivity index (χ2n) is 5.52. The zero-order valence-corrected chi connectivity index (χ0v) is 14.4. The Bertz CT molecular complexity index is 849. The number of carbonyl (C=O) groups is 1. The van der Waals surface area contributed by atoms with Crippen molar-refractivity contribution in [2.24, 2.45) is 0 Å². The van der Waals surface area contributed by atoms with Gasteiger partial charge >= 0.3 is 0 Å². The van der Waals surface area contributed by atoms with Gasteiger partial charge in [-0.3, -0.25) is 9.89 Å². The molecule has 0 bridgehead atoms. The van der Waals surface area contributed by atoms with Crippen molar-refractivity contribution >= 4 is 5.91 Å². The largest absolute Gasteiger partial charge is 0.475 e. The average Bonchev–Trinajstić information content (AvgIpc) is 3.18. The van der Waals surface area contributed by atoms with Gasteiger partial charge in [0.15, 0.2) is 0 Å². The summed E-state index contributed by atoms with van der Waals surface area (Å²) < 4.78 is 10.5. The van der Waals surface area contributed by atoms with E-state index in [0.717, 1.165) is 16.8 Å². The van der Waals surface area contributed by atoms with Crippen LogP contribution in [0.3, 0.4) is 0 Å². The highest BCUT2D eigenvalue weighted by atomic mass is 16.5. The second kappa shape index (κ2) is 8.77. The van der Waals surface area contributed by atoms with Gasteiger partial charge in [0.2, 0.25) is 5.88 Å². The lowest BCUT2D eigenvalue weighted by atomic mass is 10.1. The molecule has 2 heterocycles. The van der Waals surface area contributed by atoms with Crippen molar-refractivity contribution in [1.82, 2.24) is 20.5 Å². The zero-order chi connectivity index (χ0) is 18.2. The van der Waals surface area contributed by atoms with Crippen LogP contribution in [0.25, 0.3) is 11.3 Å². The van der Waals surface area contributed by atoms with Crippen molar-refractivity contribution in [1.29, 1.82) is 0 Å². The monoisotopic (exact) mass is 352 g/mol. The quantitative estimate of drug-likeness (QED) is 0.608. The molecule has 7 heteroatoms. The summed E-state index contributed by atoms with van der Waals surface area (Å²) in [5, 5.41) is 9.81. The number of rotatable bonds is 8. The van der Waals surface area contributed by atoms with Crippen LogP contribution in [0, 0.1) is 0 Å². The van der Waals surface area contributed by atoms with Crippen LogP contribution in [0.4, 0.5) is 0 Å². The van der Waals surface area contributed by atoms with Gasteiger partial charge in [0, 0.05) is 31.0 Å². The molecule has 0 spiro atoms. The number of aromatic nitrogens is 3. The molecule has 0 aliphatic rings. The van der Waals surface area contributed by atoms with Crippen molar-refractivity contribution in [3.05, 3.63) is 66.0 Å². The minimum Gasteiger partial charge on any atom is -0.475 e. The summed E-state index contributed by atoms with van der Waals surface area (Å²) in [5.74, 6) is 0.241. The van der Waals surface area contributed by atoms with Gasteiger partial charge in [-0.05, 0) is 12.1 Å². The lowest BCUT2D eigenvalue weighted by molar-refractivity contribution is 0.0945. The molecule has 1 aromatic carbocycles. The molecule has 0 saturated heterocycles. The van der Waals surface area contributed by atoms with Crippen LogP contribution in [0.15, 0.2) is 54.7 Å². The molecule has 7 nitrogen and oxygen atoms in total. The summed E-state index contributed by atoms with van der Waals surface area (Å²) in [6.07, 6.45) is 1.65. The Morgan fingerprint density at radius 3 is 2.81 bits per heavy atom. The molecule has 0 radical (unpaired) electrons. The van der Waals surface area contributed by atoms with E-state index in [0.29, 0.717) is 31.3 Å². The van der Waals surface area contributed by atoms with Crippen molar-refractivity contribution in [2.45, 2.75) is 6.54 Å². The smallest absolute Gasteiger partial charge is 0.269 e. The lowest BCUT2D eigenvalue weighted by Crippen LogP contribution is -2.23. The fraction of sp³-hybridized carbons (Fsp3) is 0.211. The second-order valence-corrected chi connectivity index (χ2v) is 5.52. The highest BCUT2D eigenvalue weighted by Crippen LogP contribution is 2.17. The van der Waals surface area contributed by atoms with E-state index >= 15 is 0 Å². The molecule has 2 N–H and O–H groups in total. The van der Waals surface area contributed by atoms with E-state index in [-0.39, 0.29) is 5.91 Å². The number of aromatic amines is 1. The van der Waals surface area contributed by atoms with Crippen LogP contribution in [0.1, 0.15) is 16.1 Å². The van der Waals surface area contributed by atoms with Crippen LogP contribution in [0.5, 0.6) is 5.88 Å². The Kier molecular flexibility index (Phi) is 5.95. The molecule has 3 aromatic rings. The van der Waals surface area contributed by atoms with Crippen LogP contribution in [0.2, 0.25) is 0 Å². The van der Waals surface area contributed by atoms with E-state index in [1.54, 1.807) is 25.4 Å². The van der Waals surface area contributed by atoms with E-state index in [9.17, 15) is 4.79 Å². The predicted octanol–water partition coefficient (Wildman–Crippen LogP) is 2.43. The number of pyridine rings is 1. The van der Waals surface area contributed by atoms with Crippen molar-refractivity contribution in [3.8, 4) is 17.1 Å². The number of hydrogen-bond donors (Lipinski definition) is 2. The molecule has 0 saturated carbocycles. The predicted molar refractivity (Wildman–Crippen MR) is 96.8 cm³/mol. The fourth-order valence-corrected chi connectivity index (χ4v) is 2.38. The van der Waals surface area contributed by atoms with E-state index in [4.69, 9.17) is 9.47 Å². The molecule has 2 aromatic heterocycles. The van der Waals surface area contributed by atoms with Crippen molar-refractivity contribution in [3.63, 3.8) is 0 Å². The lowest BCUT2D eigenvalue weighted by Gasteiger charge is -2.10. The minimum atomic E-state index is -0.244. The molecule has 0 fully saturated rings. The van der Waals surface area contributed by atoms with Crippen LogP contribution in [-0.2, 0) is 11.3 Å². The molecule has 0 aliphatic heterocycles. The van der Waals surface area contributed by atoms with E-state index in [2.05, 4.69) is 20.5 Å². The van der Waals surface area contributed by atoms with E-state index < -0.39 is 0 Å². The minimum absolute atomic E-state index is 0.244. The van der Waals surface area contributed by atoms with Gasteiger partial charge < -0.3 is 14.8 Å². The Morgan fingerprint density at radius 1 is 1.15 bits per heavy atom. The highest BCUT2D eigenvalue weighted by Gasteiger charge is 2.12. The van der Waals surface area contributed by atoms with Gasteiger partial charge in [0.05, 0.1) is 12.3 Å². The van der Waals surface area contributed by atoms with Crippen LogP contribution >= 0.6 is 0 Å². The Balaban J connectivity index is 1.62. The Labute approximate surface area is 151 Å². The SMILES string of the molecule is COCCOc1ncccc1CNC(=O)c1cc(-c2ccccc2)n[nH]1. The van der Waals surface area contributed by atoms with Gasteiger partial charge in [0.1, 0.15) is 12.3 Å². The van der Waals surface area contributed by atoms with Crippen molar-refractivity contribution < 1.29 is 14.3 Å². The number of nitrogens with zero attached hydrogens (tertiary/aromatic N) is 2. The summed E-state index contributed by atoms with van der Waals surface area (Å²) in [5.41, 5.74) is 2.86. The maximum atomic E-state index is 12.4. The standard InChI is InChI=1S/C19H20N4O3/c1-25-10-11-26-19-15(8-5-9-20-19)13-21-18(24)17-12-16(22-23-17)14-6-3-2-4-7-14/h2-9,12H,10-11,13H2,1H3,(H,21,24)(H,22,23). The zero-order valence-electron chi connectivity index (χ0n) is 14.4. The number of benzene rings is 1. The third kappa shape index (κ3) is 4.46. The van der Waals surface area contributed by atoms with Gasteiger partial charge in [-0.1, -0.05) is 36.4 Å². The molecule has 0 aliphatic carbocycles. The molecular weight excluding hydrogens is 332 g/mol. The van der Waals surface area contributed by atoms with Crippen LogP contribution < -0.4 is 10.1 Å². The van der Waals surface area contributed by atoms with Gasteiger partial charge in [0.25, 0.3) is 5.91 Å². The normalized spacial score (nSPS) is 10.5. The summed E-state index contributed by atoms with van der Waals surface area (Å²) in [4.78, 5) is 16.6. The summed E-state index contributed by atoms with van der Waals surface area (Å²) in [6.45, 7) is 1.17. The summed E-state index contributed by atoms with van der Waals surface area (Å²) in [6, 6.07) is 15.1. The summed E-state index contributed by atoms with van der Waals surface area (Å²) >= 11 is 0. The number of carbonyl (C=O) groups excluding carboxylic acids is 1. The van der Waals surface area contributed by atoms with Gasteiger partial charge in [-0.25, -0.2) is 4.98 Å². The first kappa shape index (κ1) is 17.6. The van der Waals surface area contributed by atoms with E-state index in [1.807, 2.05) is 36.4 Å².